The molecule has 1 saturated heterocycles. The number of rotatable bonds is 8. The van der Waals surface area contributed by atoms with Crippen molar-refractivity contribution in [1.82, 2.24) is 24.8 Å². The highest BCUT2D eigenvalue weighted by molar-refractivity contribution is 7.18. The second kappa shape index (κ2) is 11.2. The van der Waals surface area contributed by atoms with Gasteiger partial charge in [0.25, 0.3) is 0 Å². The summed E-state index contributed by atoms with van der Waals surface area (Å²) in [5.74, 6) is 1.21. The van der Waals surface area contributed by atoms with E-state index in [1.165, 1.54) is 17.5 Å². The molecule has 4 heterocycles. The minimum absolute atomic E-state index is 0.195. The fourth-order valence-electron chi connectivity index (χ4n) is 6.34. The van der Waals surface area contributed by atoms with Gasteiger partial charge < -0.3 is 15.2 Å². The van der Waals surface area contributed by atoms with Gasteiger partial charge in [-0.25, -0.2) is 9.97 Å². The first-order valence-corrected chi connectivity index (χ1v) is 15.0. The van der Waals surface area contributed by atoms with Gasteiger partial charge in [0.2, 0.25) is 0 Å². The normalized spacial score (nSPS) is 20.4. The Kier molecular flexibility index (Phi) is 7.66. The molecule has 216 valence electrons. The number of alkyl halides is 3. The van der Waals surface area contributed by atoms with Gasteiger partial charge >= 0.3 is 6.18 Å². The first kappa shape index (κ1) is 27.9. The Morgan fingerprint density at radius 3 is 2.59 bits per heavy atom. The molecule has 0 bridgehead atoms. The first-order chi connectivity index (χ1) is 19.7. The Balaban J connectivity index is 1.09. The molecule has 0 spiro atoms. The summed E-state index contributed by atoms with van der Waals surface area (Å²) in [4.78, 5) is 11.8. The van der Waals surface area contributed by atoms with Crippen LogP contribution in [0.25, 0.3) is 21.1 Å². The van der Waals surface area contributed by atoms with Crippen LogP contribution in [0.3, 0.4) is 0 Å². The number of halogens is 3. The summed E-state index contributed by atoms with van der Waals surface area (Å²) >= 11 is 1.07. The fraction of sp³-hybridized carbons (Fsp3) is 0.500. The number of nitrogens with one attached hydrogen (secondary N) is 2. The molecule has 1 aromatic carbocycles. The van der Waals surface area contributed by atoms with Crippen molar-refractivity contribution in [2.45, 2.75) is 70.4 Å². The third kappa shape index (κ3) is 5.92. The molecule has 0 unspecified atom stereocenters. The van der Waals surface area contributed by atoms with Crippen LogP contribution in [0.15, 0.2) is 30.6 Å². The van der Waals surface area contributed by atoms with E-state index in [1.54, 1.807) is 6.07 Å². The topological polar surface area (TPSA) is 81.8 Å². The van der Waals surface area contributed by atoms with E-state index < -0.39 is 12.6 Å². The summed E-state index contributed by atoms with van der Waals surface area (Å²) in [6.07, 6.45) is 0.355. The lowest BCUT2D eigenvalue weighted by atomic mass is 9.80. The maximum absolute atomic E-state index is 12.9. The highest BCUT2D eigenvalue weighted by atomic mass is 32.1. The number of fused-ring (bicyclic) bond motifs is 2. The molecule has 1 aliphatic carbocycles. The van der Waals surface area contributed by atoms with Crippen molar-refractivity contribution in [2.75, 3.05) is 25.5 Å². The van der Waals surface area contributed by atoms with Crippen LogP contribution in [0.5, 0.6) is 0 Å². The number of thiophene rings is 1. The maximum Gasteiger partial charge on any atom is 0.393 e. The van der Waals surface area contributed by atoms with E-state index in [0.29, 0.717) is 28.0 Å². The molecule has 4 aromatic rings. The Bertz CT molecular complexity index is 1590. The molecule has 0 atom stereocenters. The summed E-state index contributed by atoms with van der Waals surface area (Å²) in [5, 5.41) is 18.5. The predicted molar refractivity (Wildman–Crippen MR) is 156 cm³/mol. The number of aromatic nitrogens is 3. The largest absolute Gasteiger partial charge is 0.393 e. The second-order valence-corrected chi connectivity index (χ2v) is 12.6. The minimum atomic E-state index is -4.24. The summed E-state index contributed by atoms with van der Waals surface area (Å²) in [6.45, 7) is 5.71. The number of likely N-dealkylation sites (tertiary alicyclic amines) is 1. The third-order valence-electron chi connectivity index (χ3n) is 8.74. The monoisotopic (exact) mass is 581 g/mol. The lowest BCUT2D eigenvalue weighted by Crippen LogP contribution is -2.40. The smallest absolute Gasteiger partial charge is 0.367 e. The van der Waals surface area contributed by atoms with Crippen LogP contribution in [0.2, 0.25) is 0 Å². The Labute approximate surface area is 241 Å². The quantitative estimate of drug-likeness (QED) is 0.266. The molecule has 0 amide bonds. The van der Waals surface area contributed by atoms with Crippen molar-refractivity contribution in [3.05, 3.63) is 52.3 Å². The average molecular weight is 582 g/mol. The van der Waals surface area contributed by atoms with Crippen molar-refractivity contribution < 1.29 is 13.2 Å². The van der Waals surface area contributed by atoms with Gasteiger partial charge in [-0.1, -0.05) is 6.07 Å². The van der Waals surface area contributed by atoms with Crippen molar-refractivity contribution in [2.24, 2.45) is 5.92 Å². The molecule has 6 rings (SSSR count). The van der Waals surface area contributed by atoms with Crippen molar-refractivity contribution in [3.8, 4) is 6.07 Å². The zero-order valence-electron chi connectivity index (χ0n) is 23.3. The van der Waals surface area contributed by atoms with E-state index in [0.717, 1.165) is 79.8 Å². The van der Waals surface area contributed by atoms with Crippen LogP contribution in [0.1, 0.15) is 47.4 Å². The third-order valence-corrected chi connectivity index (χ3v) is 9.79. The molecule has 2 N–H and O–H groups in total. The molecule has 0 radical (unpaired) electrons. The van der Waals surface area contributed by atoms with E-state index in [4.69, 9.17) is 0 Å². The standard InChI is InChI=1S/C30H34F3N7S/c1-18-20(3-4-27-25(18)11-23(14-34)40(27)15-19-9-22(10-19)35-2)16-39-7-5-21(6-8-39)38-28-26-12-24(13-30(31,32)33)41-29(26)37-17-36-28/h3-4,11-12,17,19,21-22,35H,5-10,13,15-16H2,1-2H3,(H,36,37,38). The second-order valence-electron chi connectivity index (χ2n) is 11.5. The average Bonchev–Trinajstić information content (AvgIpc) is 3.49. The zero-order chi connectivity index (χ0) is 28.7. The van der Waals surface area contributed by atoms with E-state index in [2.05, 4.69) is 55.2 Å². The molecule has 2 aliphatic rings. The van der Waals surface area contributed by atoms with Crippen molar-refractivity contribution in [1.29, 1.82) is 5.26 Å². The first-order valence-electron chi connectivity index (χ1n) is 14.2. The van der Waals surface area contributed by atoms with E-state index in [9.17, 15) is 18.4 Å². The number of anilines is 1. The molecular formula is C30H34F3N7S. The Morgan fingerprint density at radius 2 is 1.88 bits per heavy atom. The van der Waals surface area contributed by atoms with Crippen molar-refractivity contribution >= 4 is 38.3 Å². The van der Waals surface area contributed by atoms with Gasteiger partial charge in [-0.3, -0.25) is 4.90 Å². The number of nitrogens with zero attached hydrogens (tertiary/aromatic N) is 5. The van der Waals surface area contributed by atoms with Crippen LogP contribution in [-0.4, -0.2) is 57.8 Å². The Morgan fingerprint density at radius 1 is 1.10 bits per heavy atom. The molecule has 1 aliphatic heterocycles. The number of benzene rings is 1. The maximum atomic E-state index is 12.9. The summed E-state index contributed by atoms with van der Waals surface area (Å²) < 4.78 is 40.9. The molecule has 1 saturated carbocycles. The van der Waals surface area contributed by atoms with Gasteiger partial charge in [-0.05, 0) is 74.9 Å². The predicted octanol–water partition coefficient (Wildman–Crippen LogP) is 6.01. The summed E-state index contributed by atoms with van der Waals surface area (Å²) in [5.41, 5.74) is 4.38. The summed E-state index contributed by atoms with van der Waals surface area (Å²) in [7, 11) is 2.01. The molecule has 7 nitrogen and oxygen atoms in total. The van der Waals surface area contributed by atoms with Crippen LogP contribution in [0, 0.1) is 24.2 Å². The fourth-order valence-corrected chi connectivity index (χ4v) is 7.36. The van der Waals surface area contributed by atoms with Gasteiger partial charge in [0, 0.05) is 54.0 Å². The van der Waals surface area contributed by atoms with Gasteiger partial charge in [0.05, 0.1) is 11.8 Å². The Hall–Kier alpha value is -3.20. The highest BCUT2D eigenvalue weighted by Gasteiger charge is 2.30. The van der Waals surface area contributed by atoms with Crippen molar-refractivity contribution in [3.63, 3.8) is 0 Å². The number of piperidine rings is 1. The lowest BCUT2D eigenvalue weighted by molar-refractivity contribution is -0.126. The van der Waals surface area contributed by atoms with Crippen LogP contribution in [-0.2, 0) is 19.5 Å². The van der Waals surface area contributed by atoms with Crippen LogP contribution < -0.4 is 10.6 Å². The summed E-state index contributed by atoms with van der Waals surface area (Å²) in [6, 6.07) is 11.2. The minimum Gasteiger partial charge on any atom is -0.367 e. The SMILES string of the molecule is CNC1CC(Cn2c(C#N)cc3c(C)c(CN4CCC(Nc5ncnc6sc(CC(F)(F)F)cc56)CC4)ccc32)C1. The molecule has 41 heavy (non-hydrogen) atoms. The number of hydrogen-bond acceptors (Lipinski definition) is 7. The van der Waals surface area contributed by atoms with Crippen LogP contribution in [0.4, 0.5) is 19.0 Å². The van der Waals surface area contributed by atoms with Gasteiger partial charge in [-0.2, -0.15) is 18.4 Å². The number of aryl methyl sites for hydroxylation is 1. The van der Waals surface area contributed by atoms with Crippen LogP contribution >= 0.6 is 11.3 Å². The van der Waals surface area contributed by atoms with Gasteiger partial charge in [0.15, 0.2) is 0 Å². The molecular weight excluding hydrogens is 547 g/mol. The van der Waals surface area contributed by atoms with Gasteiger partial charge in [0.1, 0.15) is 28.7 Å². The number of nitriles is 1. The van der Waals surface area contributed by atoms with E-state index >= 15 is 0 Å². The molecule has 11 heteroatoms. The van der Waals surface area contributed by atoms with Gasteiger partial charge in [-0.15, -0.1) is 11.3 Å². The van der Waals surface area contributed by atoms with E-state index in [-0.39, 0.29) is 10.9 Å². The highest BCUT2D eigenvalue weighted by Crippen LogP contribution is 2.35. The zero-order valence-corrected chi connectivity index (χ0v) is 24.1. The van der Waals surface area contributed by atoms with E-state index in [1.807, 2.05) is 13.1 Å². The lowest BCUT2D eigenvalue weighted by Gasteiger charge is -2.35. The number of hydrogen-bond donors (Lipinski definition) is 2. The molecule has 3 aromatic heterocycles. The molecule has 2 fully saturated rings.